The number of anilines is 1. The van der Waals surface area contributed by atoms with Crippen LogP contribution in [0.1, 0.15) is 42.4 Å². The molecule has 148 valence electrons. The Morgan fingerprint density at radius 2 is 1.61 bits per heavy atom. The third-order valence-electron chi connectivity index (χ3n) is 5.74. The summed E-state index contributed by atoms with van der Waals surface area (Å²) in [5.41, 5.74) is 2.93. The largest absolute Gasteiger partial charge is 0.336 e. The molecule has 2 amide bonds. The maximum absolute atomic E-state index is 13.4. The molecular weight excluding hydrogens is 355 g/mol. The van der Waals surface area contributed by atoms with Crippen LogP contribution in [0.15, 0.2) is 42.5 Å². The monoisotopic (exact) mass is 382 g/mol. The Bertz CT molecular complexity index is 850. The van der Waals surface area contributed by atoms with Gasteiger partial charge in [-0.05, 0) is 55.5 Å². The summed E-state index contributed by atoms with van der Waals surface area (Å²) in [5.74, 6) is -0.612. The minimum Gasteiger partial charge on any atom is -0.336 e. The molecule has 0 heterocycles. The second kappa shape index (κ2) is 8.13. The molecule has 0 bridgehead atoms. The first-order chi connectivity index (χ1) is 13.3. The molecule has 2 aromatic rings. The van der Waals surface area contributed by atoms with E-state index < -0.39 is 5.41 Å². The van der Waals surface area contributed by atoms with Crippen molar-refractivity contribution in [2.75, 3.05) is 18.9 Å². The van der Waals surface area contributed by atoms with E-state index in [0.29, 0.717) is 0 Å². The van der Waals surface area contributed by atoms with Gasteiger partial charge in [0.25, 0.3) is 0 Å². The summed E-state index contributed by atoms with van der Waals surface area (Å²) < 4.78 is 13.4. The molecule has 5 heteroatoms. The maximum Gasteiger partial charge on any atom is 0.243 e. The Morgan fingerprint density at radius 3 is 2.18 bits per heavy atom. The van der Waals surface area contributed by atoms with E-state index in [1.807, 2.05) is 32.0 Å². The predicted molar refractivity (Wildman–Crippen MR) is 109 cm³/mol. The van der Waals surface area contributed by atoms with Crippen LogP contribution in [0.2, 0.25) is 0 Å². The number of aryl methyl sites for hydroxylation is 2. The highest BCUT2D eigenvalue weighted by Crippen LogP contribution is 2.42. The molecular formula is C23H27FN2O2. The highest BCUT2D eigenvalue weighted by Gasteiger charge is 2.44. The second-order valence-corrected chi connectivity index (χ2v) is 7.77. The average molecular weight is 382 g/mol. The first-order valence-electron chi connectivity index (χ1n) is 9.71. The number of benzene rings is 2. The van der Waals surface area contributed by atoms with E-state index in [9.17, 15) is 14.0 Å². The summed E-state index contributed by atoms with van der Waals surface area (Å²) in [5, 5.41) is 2.93. The van der Waals surface area contributed by atoms with Crippen molar-refractivity contribution in [3.8, 4) is 0 Å². The number of hydrogen-bond donors (Lipinski definition) is 1. The molecule has 2 aromatic carbocycles. The van der Waals surface area contributed by atoms with Crippen LogP contribution in [0.25, 0.3) is 0 Å². The summed E-state index contributed by atoms with van der Waals surface area (Å²) in [6.45, 7) is 3.87. The SMILES string of the molecule is Cc1cccc(C)c1NC(=O)CN(C)C(=O)C1(c2ccc(F)cc2)CCCC1. The summed E-state index contributed by atoms with van der Waals surface area (Å²) in [6, 6.07) is 12.0. The fraction of sp³-hybridized carbons (Fsp3) is 0.391. The molecule has 1 aliphatic rings. The van der Waals surface area contributed by atoms with Crippen LogP contribution < -0.4 is 5.32 Å². The molecule has 0 unspecified atom stereocenters. The van der Waals surface area contributed by atoms with Crippen molar-refractivity contribution in [2.24, 2.45) is 0 Å². The van der Waals surface area contributed by atoms with Crippen molar-refractivity contribution in [2.45, 2.75) is 44.9 Å². The molecule has 1 saturated carbocycles. The van der Waals surface area contributed by atoms with E-state index in [2.05, 4.69) is 5.32 Å². The zero-order chi connectivity index (χ0) is 20.3. The van der Waals surface area contributed by atoms with Crippen molar-refractivity contribution < 1.29 is 14.0 Å². The van der Waals surface area contributed by atoms with Crippen LogP contribution >= 0.6 is 0 Å². The smallest absolute Gasteiger partial charge is 0.243 e. The van der Waals surface area contributed by atoms with Gasteiger partial charge in [0.15, 0.2) is 0 Å². The Morgan fingerprint density at radius 1 is 1.04 bits per heavy atom. The van der Waals surface area contributed by atoms with Crippen LogP contribution in [-0.4, -0.2) is 30.3 Å². The van der Waals surface area contributed by atoms with Crippen molar-refractivity contribution in [1.29, 1.82) is 0 Å². The van der Waals surface area contributed by atoms with Gasteiger partial charge in [0.2, 0.25) is 11.8 Å². The fourth-order valence-electron chi connectivity index (χ4n) is 4.22. The lowest BCUT2D eigenvalue weighted by Gasteiger charge is -2.32. The van der Waals surface area contributed by atoms with E-state index >= 15 is 0 Å². The summed E-state index contributed by atoms with van der Waals surface area (Å²) in [7, 11) is 1.66. The number of likely N-dealkylation sites (N-methyl/N-ethyl adjacent to an activating group) is 1. The molecule has 1 N–H and O–H groups in total. The molecule has 4 nitrogen and oxygen atoms in total. The average Bonchev–Trinajstić information content (AvgIpc) is 3.15. The van der Waals surface area contributed by atoms with Gasteiger partial charge in [0.05, 0.1) is 12.0 Å². The number of amides is 2. The number of carbonyl (C=O) groups excluding carboxylic acids is 2. The number of carbonyl (C=O) groups is 2. The van der Waals surface area contributed by atoms with Crippen LogP contribution in [0.5, 0.6) is 0 Å². The normalized spacial score (nSPS) is 15.3. The van der Waals surface area contributed by atoms with Gasteiger partial charge in [-0.2, -0.15) is 0 Å². The number of nitrogens with one attached hydrogen (secondary N) is 1. The number of para-hydroxylation sites is 1. The van der Waals surface area contributed by atoms with Gasteiger partial charge in [-0.3, -0.25) is 9.59 Å². The molecule has 0 atom stereocenters. The predicted octanol–water partition coefficient (Wildman–Crippen LogP) is 4.35. The first-order valence-corrected chi connectivity index (χ1v) is 9.71. The zero-order valence-corrected chi connectivity index (χ0v) is 16.7. The third-order valence-corrected chi connectivity index (χ3v) is 5.74. The summed E-state index contributed by atoms with van der Waals surface area (Å²) in [6.07, 6.45) is 3.35. The van der Waals surface area contributed by atoms with Gasteiger partial charge in [-0.25, -0.2) is 4.39 Å². The number of hydrogen-bond acceptors (Lipinski definition) is 2. The van der Waals surface area contributed by atoms with E-state index in [1.54, 1.807) is 19.2 Å². The molecule has 0 aliphatic heterocycles. The van der Waals surface area contributed by atoms with Crippen molar-refractivity contribution >= 4 is 17.5 Å². The van der Waals surface area contributed by atoms with Crippen LogP contribution in [-0.2, 0) is 15.0 Å². The van der Waals surface area contributed by atoms with Crippen LogP contribution in [0.4, 0.5) is 10.1 Å². The van der Waals surface area contributed by atoms with Gasteiger partial charge in [0, 0.05) is 12.7 Å². The molecule has 0 radical (unpaired) electrons. The van der Waals surface area contributed by atoms with Crippen molar-refractivity contribution in [3.05, 3.63) is 65.0 Å². The highest BCUT2D eigenvalue weighted by molar-refractivity contribution is 5.97. The van der Waals surface area contributed by atoms with Crippen molar-refractivity contribution in [1.82, 2.24) is 4.90 Å². The van der Waals surface area contributed by atoms with Gasteiger partial charge in [-0.15, -0.1) is 0 Å². The quantitative estimate of drug-likeness (QED) is 0.836. The fourth-order valence-corrected chi connectivity index (χ4v) is 4.22. The molecule has 0 saturated heterocycles. The van der Waals surface area contributed by atoms with E-state index in [-0.39, 0.29) is 24.2 Å². The van der Waals surface area contributed by atoms with Gasteiger partial charge < -0.3 is 10.2 Å². The van der Waals surface area contributed by atoms with E-state index in [4.69, 9.17) is 0 Å². The lowest BCUT2D eigenvalue weighted by Crippen LogP contribution is -2.46. The molecule has 1 fully saturated rings. The minimum atomic E-state index is -0.665. The third kappa shape index (κ3) is 3.93. The number of nitrogens with zero attached hydrogens (tertiary/aromatic N) is 1. The Balaban J connectivity index is 1.75. The minimum absolute atomic E-state index is 0.0183. The first kappa shape index (κ1) is 20.1. The van der Waals surface area contributed by atoms with E-state index in [0.717, 1.165) is 48.1 Å². The lowest BCUT2D eigenvalue weighted by molar-refractivity contribution is -0.138. The van der Waals surface area contributed by atoms with Crippen molar-refractivity contribution in [3.63, 3.8) is 0 Å². The van der Waals surface area contributed by atoms with Gasteiger partial charge >= 0.3 is 0 Å². The highest BCUT2D eigenvalue weighted by atomic mass is 19.1. The van der Waals surface area contributed by atoms with Gasteiger partial charge in [0.1, 0.15) is 5.82 Å². The lowest BCUT2D eigenvalue weighted by atomic mass is 9.77. The molecule has 0 spiro atoms. The Kier molecular flexibility index (Phi) is 5.82. The summed E-state index contributed by atoms with van der Waals surface area (Å²) >= 11 is 0. The van der Waals surface area contributed by atoms with Crippen LogP contribution in [0, 0.1) is 19.7 Å². The molecule has 0 aromatic heterocycles. The number of halogens is 1. The summed E-state index contributed by atoms with van der Waals surface area (Å²) in [4.78, 5) is 27.4. The van der Waals surface area contributed by atoms with Crippen LogP contribution in [0.3, 0.4) is 0 Å². The molecule has 1 aliphatic carbocycles. The zero-order valence-electron chi connectivity index (χ0n) is 16.7. The van der Waals surface area contributed by atoms with E-state index in [1.165, 1.54) is 17.0 Å². The Hall–Kier alpha value is -2.69. The topological polar surface area (TPSA) is 49.4 Å². The number of rotatable bonds is 5. The second-order valence-electron chi connectivity index (χ2n) is 7.77. The maximum atomic E-state index is 13.4. The molecule has 28 heavy (non-hydrogen) atoms. The molecule has 3 rings (SSSR count). The standard InChI is InChI=1S/C23H27FN2O2/c1-16-7-6-8-17(2)21(16)25-20(27)15-26(3)22(28)23(13-4-5-14-23)18-9-11-19(24)12-10-18/h6-12H,4-5,13-15H2,1-3H3,(H,25,27). The van der Waals surface area contributed by atoms with Gasteiger partial charge in [-0.1, -0.05) is 43.2 Å². The Labute approximate surface area is 165 Å².